The summed E-state index contributed by atoms with van der Waals surface area (Å²) in [5.41, 5.74) is 8.17. The van der Waals surface area contributed by atoms with Crippen LogP contribution in [0.3, 0.4) is 0 Å². The van der Waals surface area contributed by atoms with Crippen molar-refractivity contribution in [2.45, 2.75) is 46.1 Å². The average Bonchev–Trinajstić information content (AvgIpc) is 2.83. The molecule has 2 rings (SSSR count). The molecule has 1 aromatic heterocycles. The van der Waals surface area contributed by atoms with E-state index in [-0.39, 0.29) is 0 Å². The van der Waals surface area contributed by atoms with Crippen LogP contribution in [0.4, 0.5) is 5.69 Å². The molecule has 4 heteroatoms. The molecule has 1 heterocycles. The van der Waals surface area contributed by atoms with Gasteiger partial charge in [0.1, 0.15) is 5.52 Å². The van der Waals surface area contributed by atoms with Gasteiger partial charge in [-0.05, 0) is 44.1 Å². The number of oxazole rings is 1. The Morgan fingerprint density at radius 1 is 1.15 bits per heavy atom. The first-order chi connectivity index (χ1) is 9.72. The summed E-state index contributed by atoms with van der Waals surface area (Å²) in [6, 6.07) is 5.61. The number of hydrogen-bond donors (Lipinski definition) is 1. The number of fused-ring (bicyclic) bond motifs is 1. The molecule has 20 heavy (non-hydrogen) atoms. The summed E-state index contributed by atoms with van der Waals surface area (Å²) in [6.45, 7) is 7.45. The zero-order chi connectivity index (χ0) is 14.4. The predicted octanol–water partition coefficient (Wildman–Crippen LogP) is 3.81. The number of anilines is 1. The van der Waals surface area contributed by atoms with Crippen LogP contribution in [0.15, 0.2) is 22.6 Å². The molecule has 0 bridgehead atoms. The van der Waals surface area contributed by atoms with Crippen molar-refractivity contribution < 1.29 is 4.42 Å². The van der Waals surface area contributed by atoms with Crippen LogP contribution in [-0.4, -0.2) is 23.0 Å². The molecule has 0 amide bonds. The van der Waals surface area contributed by atoms with Crippen molar-refractivity contribution in [2.75, 3.05) is 18.8 Å². The first kappa shape index (κ1) is 14.9. The number of nitrogens with two attached hydrogens (primary N) is 1. The fraction of sp³-hybridized carbons (Fsp3) is 0.562. The summed E-state index contributed by atoms with van der Waals surface area (Å²) < 4.78 is 5.81. The molecule has 0 aliphatic heterocycles. The van der Waals surface area contributed by atoms with E-state index in [9.17, 15) is 0 Å². The molecule has 1 aromatic carbocycles. The van der Waals surface area contributed by atoms with E-state index in [1.54, 1.807) is 0 Å². The molecular weight excluding hydrogens is 250 g/mol. The van der Waals surface area contributed by atoms with E-state index >= 15 is 0 Å². The monoisotopic (exact) mass is 275 g/mol. The zero-order valence-corrected chi connectivity index (χ0v) is 12.6. The summed E-state index contributed by atoms with van der Waals surface area (Å²) in [7, 11) is 0. The lowest BCUT2D eigenvalue weighted by atomic mass is 10.2. The third-order valence-electron chi connectivity index (χ3n) is 3.47. The van der Waals surface area contributed by atoms with Crippen LogP contribution in [-0.2, 0) is 6.54 Å². The maximum absolute atomic E-state index is 5.81. The van der Waals surface area contributed by atoms with Gasteiger partial charge in [0.15, 0.2) is 5.58 Å². The van der Waals surface area contributed by atoms with E-state index in [1.807, 2.05) is 18.2 Å². The highest BCUT2D eigenvalue weighted by molar-refractivity contribution is 5.76. The maximum atomic E-state index is 5.81. The number of hydrogen-bond acceptors (Lipinski definition) is 4. The van der Waals surface area contributed by atoms with Crippen LogP contribution in [0, 0.1) is 0 Å². The molecule has 4 nitrogen and oxygen atoms in total. The SMILES string of the molecule is CCCCN(CCCC)Cc1nc2cc(N)ccc2o1. The molecule has 0 unspecified atom stereocenters. The Bertz CT molecular complexity index is 528. The molecule has 110 valence electrons. The van der Waals surface area contributed by atoms with Gasteiger partial charge >= 0.3 is 0 Å². The fourth-order valence-corrected chi connectivity index (χ4v) is 2.28. The van der Waals surface area contributed by atoms with Gasteiger partial charge in [0.05, 0.1) is 6.54 Å². The molecular formula is C16H25N3O. The number of nitrogen functional groups attached to an aromatic ring is 1. The lowest BCUT2D eigenvalue weighted by molar-refractivity contribution is 0.234. The van der Waals surface area contributed by atoms with Crippen molar-refractivity contribution in [1.29, 1.82) is 0 Å². The van der Waals surface area contributed by atoms with Crippen LogP contribution in [0.1, 0.15) is 45.4 Å². The Kier molecular flexibility index (Phi) is 5.41. The van der Waals surface area contributed by atoms with Crippen LogP contribution in [0.25, 0.3) is 11.1 Å². The van der Waals surface area contributed by atoms with Crippen molar-refractivity contribution in [2.24, 2.45) is 0 Å². The number of benzene rings is 1. The highest BCUT2D eigenvalue weighted by atomic mass is 16.3. The molecule has 0 saturated heterocycles. The fourth-order valence-electron chi connectivity index (χ4n) is 2.28. The standard InChI is InChI=1S/C16H25N3O/c1-3-5-9-19(10-6-4-2)12-16-18-14-11-13(17)7-8-15(14)20-16/h7-8,11H,3-6,9-10,12,17H2,1-2H3. The quantitative estimate of drug-likeness (QED) is 0.744. The van der Waals surface area contributed by atoms with Crippen molar-refractivity contribution in [3.05, 3.63) is 24.1 Å². The number of rotatable bonds is 8. The third kappa shape index (κ3) is 3.97. The van der Waals surface area contributed by atoms with E-state index in [0.29, 0.717) is 0 Å². The lowest BCUT2D eigenvalue weighted by Gasteiger charge is -2.19. The second-order valence-corrected chi connectivity index (χ2v) is 5.32. The number of nitrogens with zero attached hydrogens (tertiary/aromatic N) is 2. The van der Waals surface area contributed by atoms with E-state index in [2.05, 4.69) is 23.7 Å². The number of unbranched alkanes of at least 4 members (excludes halogenated alkanes) is 2. The Balaban J connectivity index is 2.06. The summed E-state index contributed by atoms with van der Waals surface area (Å²) in [5, 5.41) is 0. The van der Waals surface area contributed by atoms with Gasteiger partial charge in [0.25, 0.3) is 0 Å². The predicted molar refractivity (Wildman–Crippen MR) is 83.5 cm³/mol. The van der Waals surface area contributed by atoms with E-state index < -0.39 is 0 Å². The Morgan fingerprint density at radius 3 is 2.50 bits per heavy atom. The van der Waals surface area contributed by atoms with Crippen molar-refractivity contribution >= 4 is 16.8 Å². The van der Waals surface area contributed by atoms with Crippen LogP contribution < -0.4 is 5.73 Å². The Hall–Kier alpha value is -1.55. The van der Waals surface area contributed by atoms with Crippen LogP contribution >= 0.6 is 0 Å². The molecule has 0 atom stereocenters. The van der Waals surface area contributed by atoms with E-state index in [0.717, 1.165) is 42.3 Å². The summed E-state index contributed by atoms with van der Waals surface area (Å²) in [4.78, 5) is 6.97. The minimum Gasteiger partial charge on any atom is -0.439 e. The van der Waals surface area contributed by atoms with E-state index in [1.165, 1.54) is 25.7 Å². The van der Waals surface area contributed by atoms with Crippen molar-refractivity contribution in [3.8, 4) is 0 Å². The molecule has 0 saturated carbocycles. The van der Waals surface area contributed by atoms with Gasteiger partial charge in [-0.1, -0.05) is 26.7 Å². The molecule has 2 aromatic rings. The topological polar surface area (TPSA) is 55.3 Å². The first-order valence-electron chi connectivity index (χ1n) is 7.60. The first-order valence-corrected chi connectivity index (χ1v) is 7.60. The smallest absolute Gasteiger partial charge is 0.209 e. The average molecular weight is 275 g/mol. The molecule has 0 spiro atoms. The van der Waals surface area contributed by atoms with Crippen molar-refractivity contribution in [1.82, 2.24) is 9.88 Å². The highest BCUT2D eigenvalue weighted by Crippen LogP contribution is 2.19. The summed E-state index contributed by atoms with van der Waals surface area (Å²) in [6.07, 6.45) is 4.87. The largest absolute Gasteiger partial charge is 0.439 e. The molecule has 2 N–H and O–H groups in total. The van der Waals surface area contributed by atoms with E-state index in [4.69, 9.17) is 10.2 Å². The summed E-state index contributed by atoms with van der Waals surface area (Å²) in [5.74, 6) is 0.790. The summed E-state index contributed by atoms with van der Waals surface area (Å²) >= 11 is 0. The maximum Gasteiger partial charge on any atom is 0.209 e. The Morgan fingerprint density at radius 2 is 1.85 bits per heavy atom. The third-order valence-corrected chi connectivity index (χ3v) is 3.47. The lowest BCUT2D eigenvalue weighted by Crippen LogP contribution is -2.25. The molecule has 0 aliphatic rings. The second-order valence-electron chi connectivity index (χ2n) is 5.32. The van der Waals surface area contributed by atoms with Gasteiger partial charge in [-0.25, -0.2) is 4.98 Å². The molecule has 0 radical (unpaired) electrons. The van der Waals surface area contributed by atoms with Crippen LogP contribution in [0.5, 0.6) is 0 Å². The van der Waals surface area contributed by atoms with Gasteiger partial charge in [0, 0.05) is 5.69 Å². The van der Waals surface area contributed by atoms with Gasteiger partial charge in [0.2, 0.25) is 5.89 Å². The Labute approximate surface area is 121 Å². The van der Waals surface area contributed by atoms with Crippen LogP contribution in [0.2, 0.25) is 0 Å². The number of aromatic nitrogens is 1. The zero-order valence-electron chi connectivity index (χ0n) is 12.6. The minimum absolute atomic E-state index is 0.728. The van der Waals surface area contributed by atoms with Crippen molar-refractivity contribution in [3.63, 3.8) is 0 Å². The minimum atomic E-state index is 0.728. The van der Waals surface area contributed by atoms with Gasteiger partial charge in [-0.2, -0.15) is 0 Å². The second kappa shape index (κ2) is 7.29. The van der Waals surface area contributed by atoms with Gasteiger partial charge in [-0.3, -0.25) is 4.90 Å². The highest BCUT2D eigenvalue weighted by Gasteiger charge is 2.11. The normalized spacial score (nSPS) is 11.6. The van der Waals surface area contributed by atoms with Gasteiger partial charge < -0.3 is 10.2 Å². The molecule has 0 fully saturated rings. The molecule has 0 aliphatic carbocycles. The van der Waals surface area contributed by atoms with Gasteiger partial charge in [-0.15, -0.1) is 0 Å².